The van der Waals surface area contributed by atoms with E-state index < -0.39 is 0 Å². The van der Waals surface area contributed by atoms with Crippen molar-refractivity contribution in [2.75, 3.05) is 12.4 Å². The number of benzene rings is 1. The molecule has 0 fully saturated rings. The number of nitrogens with zero attached hydrogens (tertiary/aromatic N) is 4. The van der Waals surface area contributed by atoms with Crippen molar-refractivity contribution < 1.29 is 4.74 Å². The molecule has 1 N–H and O–H groups in total. The summed E-state index contributed by atoms with van der Waals surface area (Å²) in [5.41, 5.74) is 3.86. The zero-order valence-electron chi connectivity index (χ0n) is 13.2. The molecule has 114 valence electrons. The van der Waals surface area contributed by atoms with Gasteiger partial charge in [-0.3, -0.25) is 4.68 Å². The van der Waals surface area contributed by atoms with E-state index in [1.165, 1.54) is 0 Å². The fourth-order valence-corrected chi connectivity index (χ4v) is 2.56. The van der Waals surface area contributed by atoms with Crippen molar-refractivity contribution >= 4 is 16.9 Å². The molecule has 0 bridgehead atoms. The average Bonchev–Trinajstić information content (AvgIpc) is 2.83. The quantitative estimate of drug-likeness (QED) is 0.802. The van der Waals surface area contributed by atoms with Crippen LogP contribution in [0.2, 0.25) is 0 Å². The van der Waals surface area contributed by atoms with Crippen LogP contribution in [0, 0.1) is 6.92 Å². The summed E-state index contributed by atoms with van der Waals surface area (Å²) in [6, 6.07) is 8.11. The maximum Gasteiger partial charge on any atom is 0.156 e. The minimum atomic E-state index is 0.110. The van der Waals surface area contributed by atoms with Crippen LogP contribution in [0.15, 0.2) is 30.6 Å². The van der Waals surface area contributed by atoms with Gasteiger partial charge in [0.05, 0.1) is 18.8 Å². The summed E-state index contributed by atoms with van der Waals surface area (Å²) < 4.78 is 7.00. The lowest BCUT2D eigenvalue weighted by Crippen LogP contribution is -2.09. The maximum absolute atomic E-state index is 5.19. The van der Waals surface area contributed by atoms with Gasteiger partial charge >= 0.3 is 0 Å². The summed E-state index contributed by atoms with van der Waals surface area (Å²) in [6.07, 6.45) is 1.57. The number of methoxy groups -OCH3 is 1. The third kappa shape index (κ3) is 2.47. The second-order valence-corrected chi connectivity index (χ2v) is 5.27. The van der Waals surface area contributed by atoms with Crippen molar-refractivity contribution in [2.45, 2.75) is 19.9 Å². The van der Waals surface area contributed by atoms with E-state index in [-0.39, 0.29) is 6.04 Å². The largest absolute Gasteiger partial charge is 0.497 e. The van der Waals surface area contributed by atoms with E-state index >= 15 is 0 Å². The first kappa shape index (κ1) is 14.3. The Morgan fingerprint density at radius 3 is 2.59 bits per heavy atom. The van der Waals surface area contributed by atoms with Gasteiger partial charge in [0, 0.05) is 7.05 Å². The van der Waals surface area contributed by atoms with Crippen LogP contribution >= 0.6 is 0 Å². The highest BCUT2D eigenvalue weighted by Gasteiger charge is 2.14. The van der Waals surface area contributed by atoms with Crippen molar-refractivity contribution in [2.24, 2.45) is 7.05 Å². The van der Waals surface area contributed by atoms with E-state index in [1.54, 1.807) is 13.4 Å². The van der Waals surface area contributed by atoms with E-state index in [2.05, 4.69) is 27.3 Å². The highest BCUT2D eigenvalue weighted by molar-refractivity contribution is 5.87. The van der Waals surface area contributed by atoms with Crippen molar-refractivity contribution in [3.63, 3.8) is 0 Å². The average molecular weight is 297 g/mol. The summed E-state index contributed by atoms with van der Waals surface area (Å²) in [7, 11) is 3.57. The van der Waals surface area contributed by atoms with E-state index in [0.29, 0.717) is 0 Å². The molecule has 0 aliphatic carbocycles. The molecule has 3 rings (SSSR count). The third-order valence-corrected chi connectivity index (χ3v) is 3.76. The van der Waals surface area contributed by atoms with Crippen molar-refractivity contribution in [1.29, 1.82) is 0 Å². The van der Waals surface area contributed by atoms with E-state index in [1.807, 2.05) is 42.9 Å². The fraction of sp³-hybridized carbons (Fsp3) is 0.312. The molecule has 2 aromatic heterocycles. The first-order chi connectivity index (χ1) is 10.6. The van der Waals surface area contributed by atoms with Gasteiger partial charge in [-0.1, -0.05) is 12.1 Å². The first-order valence-electron chi connectivity index (χ1n) is 7.15. The number of hydrogen-bond donors (Lipinski definition) is 1. The molecule has 0 aliphatic heterocycles. The molecule has 0 radical (unpaired) electrons. The highest BCUT2D eigenvalue weighted by Crippen LogP contribution is 2.25. The van der Waals surface area contributed by atoms with E-state index in [0.717, 1.165) is 33.9 Å². The van der Waals surface area contributed by atoms with Gasteiger partial charge in [0.25, 0.3) is 0 Å². The number of ether oxygens (including phenoxy) is 1. The molecular formula is C16H19N5O. The Balaban J connectivity index is 1.92. The first-order valence-corrected chi connectivity index (χ1v) is 7.15. The fourth-order valence-electron chi connectivity index (χ4n) is 2.56. The molecule has 6 nitrogen and oxygen atoms in total. The second-order valence-electron chi connectivity index (χ2n) is 5.27. The normalized spacial score (nSPS) is 12.4. The van der Waals surface area contributed by atoms with Crippen LogP contribution in [0.25, 0.3) is 11.0 Å². The van der Waals surface area contributed by atoms with Gasteiger partial charge < -0.3 is 10.1 Å². The molecule has 0 aliphatic rings. The third-order valence-electron chi connectivity index (χ3n) is 3.76. The van der Waals surface area contributed by atoms with Gasteiger partial charge in [0.2, 0.25) is 0 Å². The smallest absolute Gasteiger partial charge is 0.156 e. The standard InChI is InChI=1S/C16H19N5O/c1-10(12-5-7-13(22-4)8-6-12)19-16-15-14(17-9-18-16)11(2)20-21(15)3/h5-10H,1-4H3,(H,17,18,19)/t10-/m0/s1. The summed E-state index contributed by atoms with van der Waals surface area (Å²) in [4.78, 5) is 8.69. The Hall–Kier alpha value is -2.63. The van der Waals surface area contributed by atoms with E-state index in [9.17, 15) is 0 Å². The molecule has 0 amide bonds. The number of aryl methyl sites for hydroxylation is 2. The minimum absolute atomic E-state index is 0.110. The number of nitrogens with one attached hydrogen (secondary N) is 1. The predicted molar refractivity (Wildman–Crippen MR) is 86.1 cm³/mol. The van der Waals surface area contributed by atoms with Crippen LogP contribution in [0.1, 0.15) is 24.2 Å². The Morgan fingerprint density at radius 2 is 1.91 bits per heavy atom. The monoisotopic (exact) mass is 297 g/mol. The SMILES string of the molecule is COc1ccc([C@H](C)Nc2ncnc3c(C)nn(C)c23)cc1. The summed E-state index contributed by atoms with van der Waals surface area (Å²) >= 11 is 0. The zero-order chi connectivity index (χ0) is 15.7. The van der Waals surface area contributed by atoms with Gasteiger partial charge in [-0.2, -0.15) is 5.10 Å². The number of aromatic nitrogens is 4. The molecule has 1 atom stereocenters. The van der Waals surface area contributed by atoms with Crippen molar-refractivity contribution in [3.8, 4) is 5.75 Å². The lowest BCUT2D eigenvalue weighted by molar-refractivity contribution is 0.414. The second kappa shape index (κ2) is 5.63. The zero-order valence-corrected chi connectivity index (χ0v) is 13.2. The predicted octanol–water partition coefficient (Wildman–Crippen LogP) is 2.85. The van der Waals surface area contributed by atoms with Crippen LogP contribution in [0.5, 0.6) is 5.75 Å². The van der Waals surface area contributed by atoms with Crippen LogP contribution in [-0.2, 0) is 7.05 Å². The molecule has 6 heteroatoms. The van der Waals surface area contributed by atoms with Gasteiger partial charge in [-0.25, -0.2) is 9.97 Å². The Morgan fingerprint density at radius 1 is 1.18 bits per heavy atom. The minimum Gasteiger partial charge on any atom is -0.497 e. The van der Waals surface area contributed by atoms with Crippen molar-refractivity contribution in [1.82, 2.24) is 19.7 Å². The Bertz CT molecular complexity index is 794. The molecule has 0 unspecified atom stereocenters. The van der Waals surface area contributed by atoms with Crippen molar-refractivity contribution in [3.05, 3.63) is 41.9 Å². The highest BCUT2D eigenvalue weighted by atomic mass is 16.5. The number of rotatable bonds is 4. The lowest BCUT2D eigenvalue weighted by atomic mass is 10.1. The van der Waals surface area contributed by atoms with Crippen LogP contribution in [-0.4, -0.2) is 26.9 Å². The molecule has 22 heavy (non-hydrogen) atoms. The molecule has 2 heterocycles. The number of fused-ring (bicyclic) bond motifs is 1. The van der Waals surface area contributed by atoms with Gasteiger partial charge in [0.1, 0.15) is 23.1 Å². The summed E-state index contributed by atoms with van der Waals surface area (Å²) in [5.74, 6) is 1.64. The molecule has 0 saturated carbocycles. The Labute approximate surface area is 129 Å². The number of anilines is 1. The van der Waals surface area contributed by atoms with Crippen LogP contribution in [0.4, 0.5) is 5.82 Å². The Kier molecular flexibility index (Phi) is 3.66. The van der Waals surface area contributed by atoms with Crippen LogP contribution in [0.3, 0.4) is 0 Å². The van der Waals surface area contributed by atoms with Gasteiger partial charge in [-0.15, -0.1) is 0 Å². The molecule has 0 saturated heterocycles. The molecular weight excluding hydrogens is 278 g/mol. The van der Waals surface area contributed by atoms with Gasteiger partial charge in [0.15, 0.2) is 5.82 Å². The lowest BCUT2D eigenvalue weighted by Gasteiger charge is -2.16. The maximum atomic E-state index is 5.19. The van der Waals surface area contributed by atoms with E-state index in [4.69, 9.17) is 4.74 Å². The topological polar surface area (TPSA) is 64.9 Å². The molecule has 0 spiro atoms. The summed E-state index contributed by atoms with van der Waals surface area (Å²) in [5, 5.41) is 7.85. The molecule has 3 aromatic rings. The van der Waals surface area contributed by atoms with Gasteiger partial charge in [-0.05, 0) is 31.5 Å². The van der Waals surface area contributed by atoms with Crippen LogP contribution < -0.4 is 10.1 Å². The summed E-state index contributed by atoms with van der Waals surface area (Å²) in [6.45, 7) is 4.05. The number of hydrogen-bond acceptors (Lipinski definition) is 5. The molecule has 1 aromatic carbocycles.